The number of anilines is 1. The van der Waals surface area contributed by atoms with Crippen molar-refractivity contribution in [3.63, 3.8) is 0 Å². The van der Waals surface area contributed by atoms with Crippen molar-refractivity contribution in [1.29, 1.82) is 0 Å². The molecule has 3 rings (SSSR count). The quantitative estimate of drug-likeness (QED) is 0.718. The first-order valence-electron chi connectivity index (χ1n) is 6.60. The van der Waals surface area contributed by atoms with Crippen molar-refractivity contribution in [2.24, 2.45) is 0 Å². The van der Waals surface area contributed by atoms with E-state index in [0.29, 0.717) is 0 Å². The number of nitrogens with one attached hydrogen (secondary N) is 1. The van der Waals surface area contributed by atoms with Gasteiger partial charge in [-0.3, -0.25) is 4.98 Å². The van der Waals surface area contributed by atoms with Gasteiger partial charge in [-0.1, -0.05) is 46.3 Å². The smallest absolute Gasteiger partial charge is 0.0722 e. The van der Waals surface area contributed by atoms with Crippen LogP contribution in [0.15, 0.2) is 65.3 Å². The molecule has 0 amide bonds. The van der Waals surface area contributed by atoms with Crippen LogP contribution in [0.25, 0.3) is 10.9 Å². The molecule has 3 heteroatoms. The maximum absolute atomic E-state index is 4.39. The lowest BCUT2D eigenvalue weighted by molar-refractivity contribution is 0.886. The Labute approximate surface area is 127 Å². The molecule has 0 radical (unpaired) electrons. The van der Waals surface area contributed by atoms with Crippen molar-refractivity contribution in [3.8, 4) is 0 Å². The summed E-state index contributed by atoms with van der Waals surface area (Å²) in [6, 6.07) is 18.8. The zero-order valence-corrected chi connectivity index (χ0v) is 12.8. The zero-order valence-electron chi connectivity index (χ0n) is 11.2. The number of pyridine rings is 1. The molecular weight excluding hydrogens is 312 g/mol. The number of hydrogen-bond donors (Lipinski definition) is 1. The van der Waals surface area contributed by atoms with Crippen molar-refractivity contribution in [2.45, 2.75) is 13.0 Å². The molecule has 0 fully saturated rings. The average Bonchev–Trinajstić information content (AvgIpc) is 2.48. The third kappa shape index (κ3) is 2.68. The Hall–Kier alpha value is -1.87. The van der Waals surface area contributed by atoms with E-state index in [0.717, 1.165) is 21.1 Å². The third-order valence-corrected chi connectivity index (χ3v) is 3.92. The molecule has 100 valence electrons. The SMILES string of the molecule is CC(Nc1ccnc2ccccc12)c1ccc(Br)cc1. The first-order valence-corrected chi connectivity index (χ1v) is 7.39. The highest BCUT2D eigenvalue weighted by molar-refractivity contribution is 9.10. The summed E-state index contributed by atoms with van der Waals surface area (Å²) in [6.45, 7) is 2.17. The Morgan fingerprint density at radius 2 is 1.75 bits per heavy atom. The van der Waals surface area contributed by atoms with Gasteiger partial charge in [0, 0.05) is 27.8 Å². The first kappa shape index (κ1) is 13.1. The van der Waals surface area contributed by atoms with Crippen LogP contribution in [0.5, 0.6) is 0 Å². The van der Waals surface area contributed by atoms with Gasteiger partial charge in [-0.25, -0.2) is 0 Å². The van der Waals surface area contributed by atoms with Crippen molar-refractivity contribution in [2.75, 3.05) is 5.32 Å². The molecule has 1 N–H and O–H groups in total. The van der Waals surface area contributed by atoms with E-state index in [1.165, 1.54) is 5.56 Å². The topological polar surface area (TPSA) is 24.9 Å². The lowest BCUT2D eigenvalue weighted by atomic mass is 10.1. The van der Waals surface area contributed by atoms with Gasteiger partial charge in [0.05, 0.1) is 5.52 Å². The van der Waals surface area contributed by atoms with Gasteiger partial charge in [0.2, 0.25) is 0 Å². The van der Waals surface area contributed by atoms with Gasteiger partial charge in [0.25, 0.3) is 0 Å². The molecule has 2 nitrogen and oxygen atoms in total. The number of halogens is 1. The summed E-state index contributed by atoms with van der Waals surface area (Å²) in [4.78, 5) is 4.39. The van der Waals surface area contributed by atoms with Crippen LogP contribution in [-0.2, 0) is 0 Å². The van der Waals surface area contributed by atoms with Crippen LogP contribution in [-0.4, -0.2) is 4.98 Å². The predicted octanol–water partition coefficient (Wildman–Crippen LogP) is 5.17. The van der Waals surface area contributed by atoms with Gasteiger partial charge in [-0.2, -0.15) is 0 Å². The van der Waals surface area contributed by atoms with Crippen LogP contribution in [0.3, 0.4) is 0 Å². The molecule has 0 saturated carbocycles. The lowest BCUT2D eigenvalue weighted by Gasteiger charge is -2.17. The van der Waals surface area contributed by atoms with Gasteiger partial charge in [0.15, 0.2) is 0 Å². The number of nitrogens with zero attached hydrogens (tertiary/aromatic N) is 1. The van der Waals surface area contributed by atoms with Crippen LogP contribution < -0.4 is 5.32 Å². The maximum Gasteiger partial charge on any atom is 0.0722 e. The summed E-state index contributed by atoms with van der Waals surface area (Å²) in [6.07, 6.45) is 1.85. The second-order valence-corrected chi connectivity index (χ2v) is 5.71. The van der Waals surface area contributed by atoms with Crippen molar-refractivity contribution >= 4 is 32.5 Å². The molecule has 3 aromatic rings. The number of para-hydroxylation sites is 1. The summed E-state index contributed by atoms with van der Waals surface area (Å²) >= 11 is 3.47. The first-order chi connectivity index (χ1) is 9.74. The number of rotatable bonds is 3. The minimum atomic E-state index is 0.244. The summed E-state index contributed by atoms with van der Waals surface area (Å²) in [5.41, 5.74) is 3.39. The molecule has 0 bridgehead atoms. The number of hydrogen-bond acceptors (Lipinski definition) is 2. The van der Waals surface area contributed by atoms with Crippen molar-refractivity contribution < 1.29 is 0 Å². The van der Waals surface area contributed by atoms with Crippen molar-refractivity contribution in [3.05, 3.63) is 70.8 Å². The van der Waals surface area contributed by atoms with Gasteiger partial charge >= 0.3 is 0 Å². The van der Waals surface area contributed by atoms with E-state index in [-0.39, 0.29) is 6.04 Å². The van der Waals surface area contributed by atoms with Crippen LogP contribution in [0.4, 0.5) is 5.69 Å². The van der Waals surface area contributed by atoms with Crippen LogP contribution in [0.1, 0.15) is 18.5 Å². The molecule has 1 aromatic heterocycles. The van der Waals surface area contributed by atoms with E-state index in [9.17, 15) is 0 Å². The van der Waals surface area contributed by atoms with E-state index in [4.69, 9.17) is 0 Å². The highest BCUT2D eigenvalue weighted by atomic mass is 79.9. The minimum Gasteiger partial charge on any atom is -0.378 e. The van der Waals surface area contributed by atoms with Crippen LogP contribution in [0, 0.1) is 0 Å². The summed E-state index contributed by atoms with van der Waals surface area (Å²) < 4.78 is 1.10. The lowest BCUT2D eigenvalue weighted by Crippen LogP contribution is -2.06. The van der Waals surface area contributed by atoms with E-state index < -0.39 is 0 Å². The second kappa shape index (κ2) is 5.63. The summed E-state index contributed by atoms with van der Waals surface area (Å²) in [5, 5.41) is 4.72. The maximum atomic E-state index is 4.39. The Kier molecular flexibility index (Phi) is 3.70. The molecule has 0 saturated heterocycles. The Bertz CT molecular complexity index is 717. The van der Waals surface area contributed by atoms with E-state index in [1.807, 2.05) is 30.5 Å². The molecule has 0 spiro atoms. The minimum absolute atomic E-state index is 0.244. The normalized spacial score (nSPS) is 12.3. The van der Waals surface area contributed by atoms with Gasteiger partial charge in [-0.15, -0.1) is 0 Å². The number of aromatic nitrogens is 1. The van der Waals surface area contributed by atoms with Gasteiger partial charge in [-0.05, 0) is 36.8 Å². The monoisotopic (exact) mass is 326 g/mol. The van der Waals surface area contributed by atoms with Gasteiger partial charge in [0.1, 0.15) is 0 Å². The fourth-order valence-corrected chi connectivity index (χ4v) is 2.55. The fraction of sp³-hybridized carbons (Fsp3) is 0.118. The molecule has 0 aliphatic heterocycles. The standard InChI is InChI=1S/C17H15BrN2/c1-12(13-6-8-14(18)9-7-13)20-17-10-11-19-16-5-3-2-4-15(16)17/h2-12H,1H3,(H,19,20). The summed E-state index contributed by atoms with van der Waals surface area (Å²) in [5.74, 6) is 0. The molecule has 20 heavy (non-hydrogen) atoms. The molecule has 1 atom stereocenters. The van der Waals surface area contributed by atoms with E-state index in [2.05, 4.69) is 63.5 Å². The molecule has 0 aliphatic rings. The summed E-state index contributed by atoms with van der Waals surface area (Å²) in [7, 11) is 0. The average molecular weight is 327 g/mol. The number of benzene rings is 2. The number of fused-ring (bicyclic) bond motifs is 1. The van der Waals surface area contributed by atoms with E-state index in [1.54, 1.807) is 0 Å². The van der Waals surface area contributed by atoms with Crippen LogP contribution in [0.2, 0.25) is 0 Å². The highest BCUT2D eigenvalue weighted by Crippen LogP contribution is 2.26. The molecule has 0 aliphatic carbocycles. The predicted molar refractivity (Wildman–Crippen MR) is 87.9 cm³/mol. The van der Waals surface area contributed by atoms with Crippen LogP contribution >= 0.6 is 15.9 Å². The van der Waals surface area contributed by atoms with Crippen molar-refractivity contribution in [1.82, 2.24) is 4.98 Å². The highest BCUT2D eigenvalue weighted by Gasteiger charge is 2.07. The third-order valence-electron chi connectivity index (χ3n) is 3.39. The Morgan fingerprint density at radius 3 is 2.55 bits per heavy atom. The second-order valence-electron chi connectivity index (χ2n) is 4.79. The van der Waals surface area contributed by atoms with E-state index >= 15 is 0 Å². The zero-order chi connectivity index (χ0) is 13.9. The molecular formula is C17H15BrN2. The molecule has 2 aromatic carbocycles. The Balaban J connectivity index is 1.91. The molecule has 1 heterocycles. The fourth-order valence-electron chi connectivity index (χ4n) is 2.29. The largest absolute Gasteiger partial charge is 0.378 e. The van der Waals surface area contributed by atoms with Gasteiger partial charge < -0.3 is 5.32 Å². The Morgan fingerprint density at radius 1 is 1.00 bits per heavy atom. The molecule has 1 unspecified atom stereocenters.